The summed E-state index contributed by atoms with van der Waals surface area (Å²) in [5.74, 6) is 10.2. The summed E-state index contributed by atoms with van der Waals surface area (Å²) in [5.41, 5.74) is 7.58. The Morgan fingerprint density at radius 1 is 0.638 bits per heavy atom. The van der Waals surface area contributed by atoms with Crippen molar-refractivity contribution in [2.24, 2.45) is 71.0 Å². The Bertz CT molecular complexity index is 1490. The lowest BCUT2D eigenvalue weighted by atomic mass is 9.46. The molecule has 3 fully saturated rings. The molecule has 0 aromatic heterocycles. The summed E-state index contributed by atoms with van der Waals surface area (Å²) in [6, 6.07) is 0. The first-order valence-electron chi connectivity index (χ1n) is 20.5. The van der Waals surface area contributed by atoms with Crippen LogP contribution in [0.25, 0.3) is 0 Å². The second-order valence-electron chi connectivity index (χ2n) is 17.7. The second kappa shape index (κ2) is 12.5. The largest absolute Gasteiger partial charge is 0.118 e. The van der Waals surface area contributed by atoms with Crippen molar-refractivity contribution in [3.63, 3.8) is 0 Å². The van der Waals surface area contributed by atoms with Gasteiger partial charge in [0.1, 0.15) is 0 Å². The normalized spacial score (nSPS) is 46.6. The van der Waals surface area contributed by atoms with Crippen LogP contribution >= 0.6 is 11.8 Å². The lowest BCUT2D eigenvalue weighted by Gasteiger charge is -2.58. The van der Waals surface area contributed by atoms with Gasteiger partial charge in [0.05, 0.1) is 0 Å². The average molecular weight is 643 g/mol. The maximum Gasteiger partial charge on any atom is 0.0347 e. The molecule has 0 N–H and O–H groups in total. The van der Waals surface area contributed by atoms with Crippen LogP contribution in [-0.2, 0) is 0 Å². The van der Waals surface area contributed by atoms with E-state index < -0.39 is 0 Å². The Hall–Kier alpha value is -1.73. The lowest BCUT2D eigenvalue weighted by molar-refractivity contribution is -0.0293. The third-order valence-electron chi connectivity index (χ3n) is 15.7. The molecular formula is C46H58S. The van der Waals surface area contributed by atoms with Gasteiger partial charge in [0.2, 0.25) is 0 Å². The summed E-state index contributed by atoms with van der Waals surface area (Å²) in [7, 11) is 0. The Kier molecular flexibility index (Phi) is 8.04. The standard InChI is InChI=1S/C46H58S/c1-3-12-31-26-34(22-20-29(31)10-1)44-37-14-5-6-15-38(37)45(35-23-21-30-11-2-4-13-32(30)27-35)41-28-33(24-25-39(41)44)36-17-9-19-43-46(36)40-16-7-8-18-42(40)47-43/h3-6,8,12-14,18,20,22,29-35,38-39,41,43-45H,1-2,7,9-11,15-17,19,21,23-28H2. The summed E-state index contributed by atoms with van der Waals surface area (Å²) in [4.78, 5) is 1.65. The Morgan fingerprint density at radius 3 is 2.51 bits per heavy atom. The lowest BCUT2D eigenvalue weighted by Crippen LogP contribution is -2.51. The topological polar surface area (TPSA) is 0 Å². The van der Waals surface area contributed by atoms with E-state index in [1.54, 1.807) is 10.5 Å². The van der Waals surface area contributed by atoms with E-state index in [0.717, 1.165) is 76.3 Å². The predicted molar refractivity (Wildman–Crippen MR) is 200 cm³/mol. The fourth-order valence-corrected chi connectivity index (χ4v) is 15.4. The van der Waals surface area contributed by atoms with Crippen molar-refractivity contribution in [1.82, 2.24) is 0 Å². The van der Waals surface area contributed by atoms with Crippen LogP contribution in [0.15, 0.2) is 94.0 Å². The van der Waals surface area contributed by atoms with E-state index in [1.165, 1.54) is 109 Å². The summed E-state index contributed by atoms with van der Waals surface area (Å²) in [6.45, 7) is 0. The van der Waals surface area contributed by atoms with E-state index in [1.807, 2.05) is 16.7 Å². The van der Waals surface area contributed by atoms with Crippen molar-refractivity contribution in [3.05, 3.63) is 94.0 Å². The molecule has 0 radical (unpaired) electrons. The molecule has 13 unspecified atom stereocenters. The zero-order valence-electron chi connectivity index (χ0n) is 28.8. The highest BCUT2D eigenvalue weighted by Gasteiger charge is 2.55. The van der Waals surface area contributed by atoms with Crippen LogP contribution in [0.3, 0.4) is 0 Å². The summed E-state index contributed by atoms with van der Waals surface area (Å²) >= 11 is 2.25. The average Bonchev–Trinajstić information content (AvgIpc) is 3.52. The van der Waals surface area contributed by atoms with Crippen LogP contribution in [-0.4, -0.2) is 5.25 Å². The molecule has 13 atom stereocenters. The minimum atomic E-state index is 0.746. The number of hydrogen-bond acceptors (Lipinski definition) is 1. The quantitative estimate of drug-likeness (QED) is 0.276. The number of fused-ring (bicyclic) bond motifs is 6. The van der Waals surface area contributed by atoms with E-state index in [9.17, 15) is 0 Å². The van der Waals surface area contributed by atoms with Crippen LogP contribution in [0.2, 0.25) is 0 Å². The maximum absolute atomic E-state index is 2.78. The molecule has 47 heavy (non-hydrogen) atoms. The molecule has 3 saturated carbocycles. The van der Waals surface area contributed by atoms with Crippen LogP contribution < -0.4 is 0 Å². The van der Waals surface area contributed by atoms with Gasteiger partial charge in [0, 0.05) is 10.2 Å². The first-order valence-corrected chi connectivity index (χ1v) is 21.4. The SMILES string of the molecule is C1=CCC2C(=C1)C(C1C=CC3CCC=CC3C1)C1CCC(C3=C4C5=C(C=CCC5)SC4CCC3)CC1C2C1CCC2CCC=CC2C1. The van der Waals surface area contributed by atoms with Crippen molar-refractivity contribution in [3.8, 4) is 0 Å². The van der Waals surface area contributed by atoms with Crippen LogP contribution in [0.5, 0.6) is 0 Å². The van der Waals surface area contributed by atoms with Gasteiger partial charge in [-0.25, -0.2) is 0 Å². The van der Waals surface area contributed by atoms with Gasteiger partial charge in [-0.15, -0.1) is 11.8 Å². The second-order valence-corrected chi connectivity index (χ2v) is 19.0. The van der Waals surface area contributed by atoms with Gasteiger partial charge < -0.3 is 0 Å². The van der Waals surface area contributed by atoms with Gasteiger partial charge in [0.25, 0.3) is 0 Å². The number of thioether (sulfide) groups is 1. The van der Waals surface area contributed by atoms with E-state index in [2.05, 4.69) is 78.6 Å². The fourth-order valence-electron chi connectivity index (χ4n) is 13.9. The smallest absolute Gasteiger partial charge is 0.0347 e. The summed E-state index contributed by atoms with van der Waals surface area (Å²) in [5, 5.41) is 0.773. The first-order chi connectivity index (χ1) is 23.3. The zero-order valence-corrected chi connectivity index (χ0v) is 29.6. The highest BCUT2D eigenvalue weighted by molar-refractivity contribution is 8.04. The van der Waals surface area contributed by atoms with Crippen molar-refractivity contribution < 1.29 is 0 Å². The monoisotopic (exact) mass is 642 g/mol. The van der Waals surface area contributed by atoms with E-state index in [0.29, 0.717) is 0 Å². The minimum absolute atomic E-state index is 0.746. The highest BCUT2D eigenvalue weighted by Crippen LogP contribution is 2.63. The Morgan fingerprint density at radius 2 is 1.53 bits per heavy atom. The van der Waals surface area contributed by atoms with Crippen LogP contribution in [0, 0.1) is 71.0 Å². The van der Waals surface area contributed by atoms with Gasteiger partial charge in [-0.05, 0) is 191 Å². The highest BCUT2D eigenvalue weighted by atomic mass is 32.2. The van der Waals surface area contributed by atoms with E-state index in [-0.39, 0.29) is 0 Å². The zero-order chi connectivity index (χ0) is 30.9. The minimum Gasteiger partial charge on any atom is -0.118 e. The molecule has 0 amide bonds. The Balaban J connectivity index is 1.03. The fraction of sp³-hybridized carbons (Fsp3) is 0.652. The van der Waals surface area contributed by atoms with Gasteiger partial charge >= 0.3 is 0 Å². The molecule has 0 bridgehead atoms. The molecule has 0 aromatic rings. The predicted octanol–water partition coefficient (Wildman–Crippen LogP) is 12.5. The molecule has 1 aliphatic heterocycles. The molecule has 248 valence electrons. The van der Waals surface area contributed by atoms with Crippen LogP contribution in [0.1, 0.15) is 109 Å². The number of hydrogen-bond donors (Lipinski definition) is 0. The molecular weight excluding hydrogens is 585 g/mol. The van der Waals surface area contributed by atoms with E-state index in [4.69, 9.17) is 0 Å². The molecule has 1 heterocycles. The molecule has 0 aromatic carbocycles. The van der Waals surface area contributed by atoms with Crippen molar-refractivity contribution in [1.29, 1.82) is 0 Å². The molecule has 0 spiro atoms. The van der Waals surface area contributed by atoms with Crippen LogP contribution in [0.4, 0.5) is 0 Å². The molecule has 10 aliphatic rings. The molecule has 0 nitrogen and oxygen atoms in total. The molecule has 9 aliphatic carbocycles. The Labute approximate surface area is 290 Å². The number of rotatable bonds is 3. The summed E-state index contributed by atoms with van der Waals surface area (Å²) < 4.78 is 0. The third-order valence-corrected chi connectivity index (χ3v) is 17.1. The molecule has 10 rings (SSSR count). The third kappa shape index (κ3) is 5.21. The number of allylic oxidation sites excluding steroid dienone is 14. The van der Waals surface area contributed by atoms with Crippen molar-refractivity contribution in [2.45, 2.75) is 114 Å². The molecule has 0 saturated heterocycles. The summed E-state index contributed by atoms with van der Waals surface area (Å²) in [6.07, 6.45) is 52.5. The van der Waals surface area contributed by atoms with Gasteiger partial charge in [-0.1, -0.05) is 78.0 Å². The van der Waals surface area contributed by atoms with Gasteiger partial charge in [-0.2, -0.15) is 0 Å². The van der Waals surface area contributed by atoms with Gasteiger partial charge in [-0.3, -0.25) is 0 Å². The maximum atomic E-state index is 2.78. The van der Waals surface area contributed by atoms with Crippen molar-refractivity contribution in [2.75, 3.05) is 0 Å². The first kappa shape index (κ1) is 30.1. The van der Waals surface area contributed by atoms with Crippen molar-refractivity contribution >= 4 is 11.8 Å². The van der Waals surface area contributed by atoms with Gasteiger partial charge in [0.15, 0.2) is 0 Å². The van der Waals surface area contributed by atoms with E-state index >= 15 is 0 Å². The molecule has 1 heteroatoms.